The van der Waals surface area contributed by atoms with E-state index in [0.29, 0.717) is 17.1 Å². The molecule has 0 aliphatic rings. The lowest BCUT2D eigenvalue weighted by atomic mass is 10.1. The number of amides is 1. The molecule has 1 amide bonds. The van der Waals surface area contributed by atoms with Gasteiger partial charge in [-0.2, -0.15) is 0 Å². The Kier molecular flexibility index (Phi) is 5.14. The zero-order valence-corrected chi connectivity index (χ0v) is 12.4. The van der Waals surface area contributed by atoms with Crippen molar-refractivity contribution in [3.05, 3.63) is 60.2 Å². The van der Waals surface area contributed by atoms with Crippen molar-refractivity contribution in [2.45, 2.75) is 13.2 Å². The summed E-state index contributed by atoms with van der Waals surface area (Å²) in [6.45, 7) is 1.34. The molecule has 2 aromatic carbocycles. The topological polar surface area (TPSA) is 64.6 Å². The van der Waals surface area contributed by atoms with E-state index in [1.54, 1.807) is 55.6 Å². The van der Waals surface area contributed by atoms with Gasteiger partial charge >= 0.3 is 0 Å². The third-order valence-corrected chi connectivity index (χ3v) is 2.94. The fourth-order valence-electron chi connectivity index (χ4n) is 1.88. The highest BCUT2D eigenvalue weighted by atomic mass is 16.5. The number of carbonyl (C=O) groups excluding carboxylic acids is 2. The van der Waals surface area contributed by atoms with Crippen LogP contribution in [0.25, 0.3) is 0 Å². The zero-order valence-electron chi connectivity index (χ0n) is 12.4. The molecule has 0 spiro atoms. The normalized spacial score (nSPS) is 11.4. The first-order valence-corrected chi connectivity index (χ1v) is 6.77. The summed E-state index contributed by atoms with van der Waals surface area (Å²) in [5.41, 5.74) is 0.467. The molecular weight excluding hydrogens is 282 g/mol. The lowest BCUT2D eigenvalue weighted by molar-refractivity contribution is -0.120. The van der Waals surface area contributed by atoms with E-state index in [2.05, 4.69) is 5.32 Å². The number of ketones is 1. The summed E-state index contributed by atoms with van der Waals surface area (Å²) >= 11 is 0. The van der Waals surface area contributed by atoms with E-state index >= 15 is 0 Å². The summed E-state index contributed by atoms with van der Waals surface area (Å²) in [6, 6.07) is 15.5. The van der Waals surface area contributed by atoms with Crippen molar-refractivity contribution in [2.24, 2.45) is 0 Å². The second-order valence-corrected chi connectivity index (χ2v) is 4.60. The first-order valence-electron chi connectivity index (χ1n) is 6.77. The molecule has 2 rings (SSSR count). The van der Waals surface area contributed by atoms with Gasteiger partial charge in [-0.05, 0) is 24.3 Å². The van der Waals surface area contributed by atoms with Crippen LogP contribution in [0.1, 0.15) is 17.3 Å². The van der Waals surface area contributed by atoms with Crippen LogP contribution in [0.15, 0.2) is 54.6 Å². The fraction of sp³-hybridized carbons (Fsp3) is 0.176. The maximum Gasteiger partial charge on any atom is 0.236 e. The third kappa shape index (κ3) is 4.09. The molecule has 1 N–H and O–H groups in total. The zero-order chi connectivity index (χ0) is 15.9. The first kappa shape index (κ1) is 15.6. The predicted octanol–water partition coefficient (Wildman–Crippen LogP) is 2.42. The molecule has 0 aliphatic heterocycles. The minimum atomic E-state index is -1.08. The summed E-state index contributed by atoms with van der Waals surface area (Å²) in [4.78, 5) is 23.8. The summed E-state index contributed by atoms with van der Waals surface area (Å²) in [5.74, 6) is 0.482. The van der Waals surface area contributed by atoms with Crippen LogP contribution in [-0.4, -0.2) is 25.0 Å². The van der Waals surface area contributed by atoms with Crippen molar-refractivity contribution in [3.63, 3.8) is 0 Å². The van der Waals surface area contributed by atoms with Gasteiger partial charge in [-0.3, -0.25) is 9.59 Å². The molecule has 114 valence electrons. The van der Waals surface area contributed by atoms with E-state index < -0.39 is 6.23 Å². The van der Waals surface area contributed by atoms with Crippen molar-refractivity contribution >= 4 is 11.7 Å². The van der Waals surface area contributed by atoms with Crippen LogP contribution in [0.5, 0.6) is 11.5 Å². The van der Waals surface area contributed by atoms with E-state index in [4.69, 9.17) is 9.47 Å². The second kappa shape index (κ2) is 7.26. The fourth-order valence-corrected chi connectivity index (χ4v) is 1.88. The number of ether oxygens (including phenoxy) is 2. The Morgan fingerprint density at radius 3 is 2.09 bits per heavy atom. The summed E-state index contributed by atoms with van der Waals surface area (Å²) in [6.07, 6.45) is -1.08. The van der Waals surface area contributed by atoms with Crippen LogP contribution in [0.2, 0.25) is 0 Å². The molecule has 0 aromatic heterocycles. The minimum absolute atomic E-state index is 0.313. The molecule has 0 aliphatic carbocycles. The molecule has 5 heteroatoms. The Bertz CT molecular complexity index is 637. The highest BCUT2D eigenvalue weighted by Crippen LogP contribution is 2.18. The van der Waals surface area contributed by atoms with Gasteiger partial charge in [0.05, 0.1) is 7.11 Å². The van der Waals surface area contributed by atoms with Crippen molar-refractivity contribution in [2.75, 3.05) is 7.11 Å². The number of methoxy groups -OCH3 is 1. The monoisotopic (exact) mass is 299 g/mol. The number of hydrogen-bond acceptors (Lipinski definition) is 4. The number of carbonyl (C=O) groups is 2. The standard InChI is InChI=1S/C17H17NO4/c1-12(19)18-17(16(20)13-6-4-3-5-7-13)22-15-10-8-14(21-2)9-11-15/h3-11,17H,1-2H3,(H,18,19). The van der Waals surface area contributed by atoms with Crippen molar-refractivity contribution < 1.29 is 19.1 Å². The quantitative estimate of drug-likeness (QED) is 0.657. The van der Waals surface area contributed by atoms with E-state index in [-0.39, 0.29) is 11.7 Å². The van der Waals surface area contributed by atoms with Crippen molar-refractivity contribution in [1.82, 2.24) is 5.32 Å². The maximum absolute atomic E-state index is 12.4. The summed E-state index contributed by atoms with van der Waals surface area (Å²) < 4.78 is 10.7. The van der Waals surface area contributed by atoms with Gasteiger partial charge in [-0.25, -0.2) is 0 Å². The van der Waals surface area contributed by atoms with E-state index in [9.17, 15) is 9.59 Å². The van der Waals surface area contributed by atoms with Gasteiger partial charge in [0.25, 0.3) is 0 Å². The predicted molar refractivity (Wildman–Crippen MR) is 82.0 cm³/mol. The number of rotatable bonds is 6. The largest absolute Gasteiger partial charge is 0.497 e. The van der Waals surface area contributed by atoms with E-state index in [0.717, 1.165) is 0 Å². The van der Waals surface area contributed by atoms with Gasteiger partial charge in [-0.15, -0.1) is 0 Å². The van der Waals surface area contributed by atoms with Crippen LogP contribution in [0.3, 0.4) is 0 Å². The lowest BCUT2D eigenvalue weighted by Crippen LogP contribution is -2.44. The van der Waals surface area contributed by atoms with Gasteiger partial charge in [0.15, 0.2) is 0 Å². The molecule has 2 aromatic rings. The number of benzene rings is 2. The van der Waals surface area contributed by atoms with Gasteiger partial charge < -0.3 is 14.8 Å². The van der Waals surface area contributed by atoms with Gasteiger partial charge in [-0.1, -0.05) is 30.3 Å². The molecule has 0 heterocycles. The number of nitrogens with one attached hydrogen (secondary N) is 1. The van der Waals surface area contributed by atoms with Crippen LogP contribution < -0.4 is 14.8 Å². The molecule has 5 nitrogen and oxygen atoms in total. The average Bonchev–Trinajstić information content (AvgIpc) is 2.54. The smallest absolute Gasteiger partial charge is 0.236 e. The summed E-state index contributed by atoms with van der Waals surface area (Å²) in [7, 11) is 1.56. The molecular formula is C17H17NO4. The van der Waals surface area contributed by atoms with Gasteiger partial charge in [0.2, 0.25) is 17.9 Å². The molecule has 0 fully saturated rings. The van der Waals surface area contributed by atoms with E-state index in [1.165, 1.54) is 6.92 Å². The minimum Gasteiger partial charge on any atom is -0.497 e. The molecule has 0 radical (unpaired) electrons. The lowest BCUT2D eigenvalue weighted by Gasteiger charge is -2.18. The Morgan fingerprint density at radius 1 is 0.955 bits per heavy atom. The number of hydrogen-bond donors (Lipinski definition) is 1. The van der Waals surface area contributed by atoms with E-state index in [1.807, 2.05) is 6.07 Å². The Labute approximate surface area is 128 Å². The van der Waals surface area contributed by atoms with Gasteiger partial charge in [0, 0.05) is 12.5 Å². The van der Waals surface area contributed by atoms with Crippen LogP contribution >= 0.6 is 0 Å². The highest BCUT2D eigenvalue weighted by molar-refractivity contribution is 6.01. The van der Waals surface area contributed by atoms with Crippen LogP contribution in [0, 0.1) is 0 Å². The molecule has 22 heavy (non-hydrogen) atoms. The molecule has 1 atom stereocenters. The van der Waals surface area contributed by atoms with Crippen molar-refractivity contribution in [3.8, 4) is 11.5 Å². The number of Topliss-reactive ketones (excluding diaryl/α,β-unsaturated/α-hetero) is 1. The molecule has 1 unspecified atom stereocenters. The summed E-state index contributed by atoms with van der Waals surface area (Å²) in [5, 5.41) is 2.51. The molecule has 0 saturated heterocycles. The third-order valence-electron chi connectivity index (χ3n) is 2.94. The van der Waals surface area contributed by atoms with Crippen LogP contribution in [-0.2, 0) is 4.79 Å². The Balaban J connectivity index is 2.18. The first-order chi connectivity index (χ1) is 10.6. The molecule has 0 saturated carbocycles. The SMILES string of the molecule is COc1ccc(OC(NC(C)=O)C(=O)c2ccccc2)cc1. The second-order valence-electron chi connectivity index (χ2n) is 4.60. The van der Waals surface area contributed by atoms with Crippen LogP contribution in [0.4, 0.5) is 0 Å². The Morgan fingerprint density at radius 2 is 1.55 bits per heavy atom. The molecule has 0 bridgehead atoms. The average molecular weight is 299 g/mol. The Hall–Kier alpha value is -2.82. The van der Waals surface area contributed by atoms with Crippen molar-refractivity contribution in [1.29, 1.82) is 0 Å². The highest BCUT2D eigenvalue weighted by Gasteiger charge is 2.22. The maximum atomic E-state index is 12.4. The van der Waals surface area contributed by atoms with Gasteiger partial charge in [0.1, 0.15) is 11.5 Å².